The molecule has 0 unspecified atom stereocenters. The van der Waals surface area contributed by atoms with Gasteiger partial charge in [-0.25, -0.2) is 4.79 Å². The fraction of sp³-hybridized carbons (Fsp3) is 0.294. The van der Waals surface area contributed by atoms with Crippen LogP contribution in [0.25, 0.3) is 0 Å². The van der Waals surface area contributed by atoms with Crippen molar-refractivity contribution in [1.29, 1.82) is 0 Å². The number of hydrogen-bond donors (Lipinski definition) is 1. The summed E-state index contributed by atoms with van der Waals surface area (Å²) >= 11 is 3.39. The Morgan fingerprint density at radius 3 is 2.48 bits per heavy atom. The molecule has 3 rings (SSSR count). The summed E-state index contributed by atoms with van der Waals surface area (Å²) in [5, 5.41) is 2.94. The number of nitrogens with zero attached hydrogens (tertiary/aromatic N) is 3. The lowest BCUT2D eigenvalue weighted by Crippen LogP contribution is -2.49. The van der Waals surface area contributed by atoms with Gasteiger partial charge in [0.15, 0.2) is 0 Å². The second kappa shape index (κ2) is 7.57. The van der Waals surface area contributed by atoms with Gasteiger partial charge in [0.2, 0.25) is 0 Å². The summed E-state index contributed by atoms with van der Waals surface area (Å²) in [6.45, 7) is 4.03. The second-order valence-electron chi connectivity index (χ2n) is 5.52. The van der Waals surface area contributed by atoms with Crippen LogP contribution in [0.2, 0.25) is 0 Å². The molecule has 5 nitrogen and oxygen atoms in total. The van der Waals surface area contributed by atoms with E-state index in [2.05, 4.69) is 31.1 Å². The van der Waals surface area contributed by atoms with E-state index in [-0.39, 0.29) is 6.03 Å². The molecule has 1 fully saturated rings. The van der Waals surface area contributed by atoms with Gasteiger partial charge in [-0.2, -0.15) is 0 Å². The van der Waals surface area contributed by atoms with Crippen LogP contribution in [0.1, 0.15) is 5.69 Å². The molecular formula is C17H19BrN4O. The van der Waals surface area contributed by atoms with E-state index in [9.17, 15) is 4.79 Å². The molecular weight excluding hydrogens is 356 g/mol. The number of pyridine rings is 1. The molecule has 1 aliphatic heterocycles. The van der Waals surface area contributed by atoms with Crippen LogP contribution < -0.4 is 5.32 Å². The first kappa shape index (κ1) is 16.0. The van der Waals surface area contributed by atoms with Gasteiger partial charge in [0, 0.05) is 49.1 Å². The zero-order valence-corrected chi connectivity index (χ0v) is 14.4. The Morgan fingerprint density at radius 1 is 1.09 bits per heavy atom. The second-order valence-corrected chi connectivity index (χ2v) is 6.44. The molecule has 0 atom stereocenters. The molecule has 0 aliphatic carbocycles. The van der Waals surface area contributed by atoms with Crippen molar-refractivity contribution in [2.45, 2.75) is 6.54 Å². The zero-order chi connectivity index (χ0) is 16.1. The molecule has 120 valence electrons. The molecule has 2 heterocycles. The van der Waals surface area contributed by atoms with E-state index < -0.39 is 0 Å². The maximum Gasteiger partial charge on any atom is 0.321 e. The highest BCUT2D eigenvalue weighted by Gasteiger charge is 2.21. The van der Waals surface area contributed by atoms with Crippen LogP contribution in [0.5, 0.6) is 0 Å². The first-order chi connectivity index (χ1) is 11.2. The summed E-state index contributed by atoms with van der Waals surface area (Å²) in [7, 11) is 0. The maximum atomic E-state index is 12.3. The van der Waals surface area contributed by atoms with Crippen molar-refractivity contribution >= 4 is 27.6 Å². The summed E-state index contributed by atoms with van der Waals surface area (Å²) in [5.41, 5.74) is 1.88. The molecule has 0 bridgehead atoms. The van der Waals surface area contributed by atoms with Gasteiger partial charge in [0.1, 0.15) is 0 Å². The van der Waals surface area contributed by atoms with Gasteiger partial charge in [0.25, 0.3) is 0 Å². The number of amides is 2. The van der Waals surface area contributed by atoms with Gasteiger partial charge < -0.3 is 10.2 Å². The Kier molecular flexibility index (Phi) is 5.25. The minimum Gasteiger partial charge on any atom is -0.322 e. The molecule has 2 aromatic rings. The fourth-order valence-corrected chi connectivity index (χ4v) is 2.83. The minimum atomic E-state index is -0.0372. The number of halogens is 1. The molecule has 23 heavy (non-hydrogen) atoms. The lowest BCUT2D eigenvalue weighted by molar-refractivity contribution is 0.142. The molecule has 0 radical (unpaired) electrons. The third-order valence-corrected chi connectivity index (χ3v) is 4.40. The molecule has 0 saturated carbocycles. The molecule has 2 amide bonds. The quantitative estimate of drug-likeness (QED) is 0.897. The van der Waals surface area contributed by atoms with Crippen LogP contribution in [0.15, 0.2) is 53.1 Å². The number of rotatable bonds is 3. The Balaban J connectivity index is 1.48. The third kappa shape index (κ3) is 4.53. The summed E-state index contributed by atoms with van der Waals surface area (Å²) < 4.78 is 0.999. The fourth-order valence-electron chi connectivity index (χ4n) is 2.57. The van der Waals surface area contributed by atoms with Crippen molar-refractivity contribution in [3.05, 3.63) is 58.8 Å². The van der Waals surface area contributed by atoms with E-state index >= 15 is 0 Å². The summed E-state index contributed by atoms with van der Waals surface area (Å²) in [4.78, 5) is 20.8. The molecule has 1 aliphatic rings. The van der Waals surface area contributed by atoms with E-state index in [1.165, 1.54) is 0 Å². The van der Waals surface area contributed by atoms with Gasteiger partial charge in [0.05, 0.1) is 5.69 Å². The predicted molar refractivity (Wildman–Crippen MR) is 94.2 cm³/mol. The maximum absolute atomic E-state index is 12.3. The zero-order valence-electron chi connectivity index (χ0n) is 12.8. The lowest BCUT2D eigenvalue weighted by Gasteiger charge is -2.34. The molecule has 1 aromatic carbocycles. The van der Waals surface area contributed by atoms with Gasteiger partial charge in [-0.05, 0) is 36.4 Å². The predicted octanol–water partition coefficient (Wildman–Crippen LogP) is 3.19. The Bertz CT molecular complexity index is 639. The van der Waals surface area contributed by atoms with Crippen molar-refractivity contribution in [1.82, 2.24) is 14.8 Å². The number of nitrogens with one attached hydrogen (secondary N) is 1. The number of anilines is 1. The first-order valence-corrected chi connectivity index (χ1v) is 8.44. The Labute approximate surface area is 144 Å². The van der Waals surface area contributed by atoms with Crippen LogP contribution >= 0.6 is 15.9 Å². The van der Waals surface area contributed by atoms with Crippen LogP contribution in [0, 0.1) is 0 Å². The van der Waals surface area contributed by atoms with E-state index in [0.717, 1.165) is 48.6 Å². The molecule has 6 heteroatoms. The normalized spacial score (nSPS) is 15.4. The van der Waals surface area contributed by atoms with Gasteiger partial charge >= 0.3 is 6.03 Å². The first-order valence-electron chi connectivity index (χ1n) is 7.64. The van der Waals surface area contributed by atoms with Crippen LogP contribution in [-0.2, 0) is 6.54 Å². The smallest absolute Gasteiger partial charge is 0.321 e. The summed E-state index contributed by atoms with van der Waals surface area (Å²) in [6.07, 6.45) is 1.82. The average molecular weight is 375 g/mol. The number of piperazine rings is 1. The summed E-state index contributed by atoms with van der Waals surface area (Å²) in [5.74, 6) is 0. The van der Waals surface area contributed by atoms with Gasteiger partial charge in [-0.3, -0.25) is 9.88 Å². The lowest BCUT2D eigenvalue weighted by atomic mass is 10.2. The monoisotopic (exact) mass is 374 g/mol. The van der Waals surface area contributed by atoms with E-state index in [4.69, 9.17) is 0 Å². The SMILES string of the molecule is O=C(Nc1ccc(Br)cc1)N1CCN(Cc2ccccn2)CC1. The average Bonchev–Trinajstić information content (AvgIpc) is 2.58. The topological polar surface area (TPSA) is 48.5 Å². The number of aromatic nitrogens is 1. The Hall–Kier alpha value is -1.92. The van der Waals surface area contributed by atoms with Crippen LogP contribution in [-0.4, -0.2) is 47.0 Å². The number of urea groups is 1. The van der Waals surface area contributed by atoms with Crippen molar-refractivity contribution in [2.24, 2.45) is 0 Å². The highest BCUT2D eigenvalue weighted by molar-refractivity contribution is 9.10. The van der Waals surface area contributed by atoms with Gasteiger partial charge in [-0.15, -0.1) is 0 Å². The highest BCUT2D eigenvalue weighted by atomic mass is 79.9. The number of carbonyl (C=O) groups excluding carboxylic acids is 1. The minimum absolute atomic E-state index is 0.0372. The standard InChI is InChI=1S/C17H19BrN4O/c18-14-4-6-15(7-5-14)20-17(23)22-11-9-21(10-12-22)13-16-3-1-2-8-19-16/h1-8H,9-13H2,(H,20,23). The van der Waals surface area contributed by atoms with E-state index in [1.54, 1.807) is 0 Å². The van der Waals surface area contributed by atoms with Gasteiger partial charge in [-0.1, -0.05) is 22.0 Å². The van der Waals surface area contributed by atoms with E-state index in [1.807, 2.05) is 53.6 Å². The highest BCUT2D eigenvalue weighted by Crippen LogP contribution is 2.15. The third-order valence-electron chi connectivity index (χ3n) is 3.87. The molecule has 1 aromatic heterocycles. The largest absolute Gasteiger partial charge is 0.322 e. The number of carbonyl (C=O) groups is 1. The number of hydrogen-bond acceptors (Lipinski definition) is 3. The van der Waals surface area contributed by atoms with Crippen molar-refractivity contribution in [2.75, 3.05) is 31.5 Å². The van der Waals surface area contributed by atoms with E-state index in [0.29, 0.717) is 0 Å². The Morgan fingerprint density at radius 2 is 1.83 bits per heavy atom. The van der Waals surface area contributed by atoms with Crippen molar-refractivity contribution in [3.63, 3.8) is 0 Å². The molecule has 1 saturated heterocycles. The molecule has 1 N–H and O–H groups in total. The van der Waals surface area contributed by atoms with Crippen molar-refractivity contribution < 1.29 is 4.79 Å². The number of benzene rings is 1. The summed E-state index contributed by atoms with van der Waals surface area (Å²) in [6, 6.07) is 13.5. The van der Waals surface area contributed by atoms with Crippen LogP contribution in [0.4, 0.5) is 10.5 Å². The van der Waals surface area contributed by atoms with Crippen molar-refractivity contribution in [3.8, 4) is 0 Å². The molecule has 0 spiro atoms. The van der Waals surface area contributed by atoms with Crippen LogP contribution in [0.3, 0.4) is 0 Å².